The largest absolute Gasteiger partial charge is 0.489 e. The van der Waals surface area contributed by atoms with Crippen LogP contribution in [0.3, 0.4) is 0 Å². The molecule has 0 aliphatic rings. The van der Waals surface area contributed by atoms with Crippen LogP contribution in [0.2, 0.25) is 5.02 Å². The van der Waals surface area contributed by atoms with Crippen LogP contribution in [0.5, 0.6) is 5.75 Å². The van der Waals surface area contributed by atoms with Crippen molar-refractivity contribution in [1.82, 2.24) is 0 Å². The van der Waals surface area contributed by atoms with E-state index in [0.717, 1.165) is 19.3 Å². The van der Waals surface area contributed by atoms with Crippen molar-refractivity contribution in [1.29, 1.82) is 0 Å². The highest BCUT2D eigenvalue weighted by Gasteiger charge is 2.07. The van der Waals surface area contributed by atoms with E-state index in [1.807, 2.05) is 0 Å². The fourth-order valence-corrected chi connectivity index (χ4v) is 1.57. The van der Waals surface area contributed by atoms with Gasteiger partial charge in [-0.25, -0.2) is 4.39 Å². The Kier molecular flexibility index (Phi) is 5.81. The van der Waals surface area contributed by atoms with Crippen molar-refractivity contribution in [3.05, 3.63) is 29.0 Å². The highest BCUT2D eigenvalue weighted by molar-refractivity contribution is 6.32. The molecule has 0 unspecified atom stereocenters. The van der Waals surface area contributed by atoms with Gasteiger partial charge in [0.1, 0.15) is 0 Å². The molecule has 0 heterocycles. The third kappa shape index (κ3) is 4.27. The molecule has 4 heteroatoms. The highest BCUT2D eigenvalue weighted by atomic mass is 35.5. The van der Waals surface area contributed by atoms with Gasteiger partial charge in [-0.05, 0) is 31.4 Å². The SMILES string of the molecule is Fc1cccc(Cl)c1OCCCCCCl. The van der Waals surface area contributed by atoms with E-state index < -0.39 is 5.82 Å². The zero-order valence-corrected chi connectivity index (χ0v) is 9.82. The summed E-state index contributed by atoms with van der Waals surface area (Å²) in [7, 11) is 0. The van der Waals surface area contributed by atoms with Crippen molar-refractivity contribution >= 4 is 23.2 Å². The number of hydrogen-bond acceptors (Lipinski definition) is 1. The monoisotopic (exact) mass is 250 g/mol. The van der Waals surface area contributed by atoms with Crippen LogP contribution in [-0.4, -0.2) is 12.5 Å². The smallest absolute Gasteiger partial charge is 0.173 e. The Balaban J connectivity index is 2.37. The molecule has 1 aromatic rings. The first-order valence-electron chi connectivity index (χ1n) is 4.88. The molecule has 0 saturated carbocycles. The Labute approximate surface area is 99.1 Å². The van der Waals surface area contributed by atoms with Gasteiger partial charge in [-0.3, -0.25) is 0 Å². The van der Waals surface area contributed by atoms with Crippen molar-refractivity contribution in [2.75, 3.05) is 12.5 Å². The third-order valence-electron chi connectivity index (χ3n) is 1.94. The molecule has 0 N–H and O–H groups in total. The van der Waals surface area contributed by atoms with Crippen LogP contribution in [0, 0.1) is 5.82 Å². The summed E-state index contributed by atoms with van der Waals surface area (Å²) in [5.41, 5.74) is 0. The predicted molar refractivity (Wildman–Crippen MR) is 61.5 cm³/mol. The van der Waals surface area contributed by atoms with Crippen LogP contribution in [0.4, 0.5) is 4.39 Å². The van der Waals surface area contributed by atoms with E-state index in [-0.39, 0.29) is 5.75 Å². The van der Waals surface area contributed by atoms with E-state index in [9.17, 15) is 4.39 Å². The second-order valence-electron chi connectivity index (χ2n) is 3.15. The fourth-order valence-electron chi connectivity index (χ4n) is 1.17. The van der Waals surface area contributed by atoms with Gasteiger partial charge in [0.05, 0.1) is 11.6 Å². The minimum Gasteiger partial charge on any atom is -0.489 e. The minimum absolute atomic E-state index is 0.144. The van der Waals surface area contributed by atoms with Gasteiger partial charge < -0.3 is 4.74 Å². The maximum absolute atomic E-state index is 13.2. The van der Waals surface area contributed by atoms with Gasteiger partial charge in [0.25, 0.3) is 0 Å². The lowest BCUT2D eigenvalue weighted by Gasteiger charge is -2.08. The van der Waals surface area contributed by atoms with Crippen LogP contribution in [0.1, 0.15) is 19.3 Å². The van der Waals surface area contributed by atoms with E-state index in [4.69, 9.17) is 27.9 Å². The number of para-hydroxylation sites is 1. The first-order chi connectivity index (χ1) is 7.25. The molecule has 1 aromatic carbocycles. The molecule has 15 heavy (non-hydrogen) atoms. The average molecular weight is 251 g/mol. The van der Waals surface area contributed by atoms with Crippen LogP contribution in [0.25, 0.3) is 0 Å². The summed E-state index contributed by atoms with van der Waals surface area (Å²) < 4.78 is 18.5. The second kappa shape index (κ2) is 6.91. The van der Waals surface area contributed by atoms with E-state index in [0.29, 0.717) is 17.5 Å². The van der Waals surface area contributed by atoms with Gasteiger partial charge in [0.15, 0.2) is 11.6 Å². The molecule has 0 saturated heterocycles. The van der Waals surface area contributed by atoms with Gasteiger partial charge >= 0.3 is 0 Å². The Morgan fingerprint density at radius 2 is 2.00 bits per heavy atom. The Hall–Kier alpha value is -0.470. The van der Waals surface area contributed by atoms with Gasteiger partial charge in [0, 0.05) is 5.88 Å². The zero-order chi connectivity index (χ0) is 11.1. The Bertz CT molecular complexity index is 284. The summed E-state index contributed by atoms with van der Waals surface area (Å²) in [5, 5.41) is 0.312. The summed E-state index contributed by atoms with van der Waals surface area (Å²) in [4.78, 5) is 0. The molecule has 0 bridgehead atoms. The maximum atomic E-state index is 13.2. The summed E-state index contributed by atoms with van der Waals surface area (Å²) in [5.74, 6) is 0.380. The van der Waals surface area contributed by atoms with E-state index in [1.165, 1.54) is 6.07 Å². The molecule has 0 radical (unpaired) electrons. The quantitative estimate of drug-likeness (QED) is 0.542. The number of halogens is 3. The molecule has 0 aromatic heterocycles. The fraction of sp³-hybridized carbons (Fsp3) is 0.455. The molecule has 0 atom stereocenters. The summed E-state index contributed by atoms with van der Waals surface area (Å²) in [6, 6.07) is 4.50. The number of unbranched alkanes of at least 4 members (excludes halogenated alkanes) is 2. The van der Waals surface area contributed by atoms with Crippen LogP contribution < -0.4 is 4.74 Å². The van der Waals surface area contributed by atoms with Crippen LogP contribution >= 0.6 is 23.2 Å². The lowest BCUT2D eigenvalue weighted by Crippen LogP contribution is -1.99. The lowest BCUT2D eigenvalue weighted by molar-refractivity contribution is 0.292. The number of rotatable bonds is 6. The third-order valence-corrected chi connectivity index (χ3v) is 2.51. The van der Waals surface area contributed by atoms with Crippen molar-refractivity contribution in [3.63, 3.8) is 0 Å². The zero-order valence-electron chi connectivity index (χ0n) is 8.31. The summed E-state index contributed by atoms with van der Waals surface area (Å²) in [6.45, 7) is 0.470. The van der Waals surface area contributed by atoms with E-state index in [2.05, 4.69) is 0 Å². The number of hydrogen-bond donors (Lipinski definition) is 0. The van der Waals surface area contributed by atoms with Crippen molar-refractivity contribution < 1.29 is 9.13 Å². The molecular formula is C11H13Cl2FO. The molecular weight excluding hydrogens is 238 g/mol. The summed E-state index contributed by atoms with van der Waals surface area (Å²) in [6.07, 6.45) is 2.79. The van der Waals surface area contributed by atoms with Crippen molar-refractivity contribution in [3.8, 4) is 5.75 Å². The first kappa shape index (κ1) is 12.6. The first-order valence-corrected chi connectivity index (χ1v) is 5.79. The average Bonchev–Trinajstić information content (AvgIpc) is 2.21. The Morgan fingerprint density at radius 3 is 2.67 bits per heavy atom. The molecule has 0 fully saturated rings. The van der Waals surface area contributed by atoms with E-state index >= 15 is 0 Å². The summed E-state index contributed by atoms with van der Waals surface area (Å²) >= 11 is 11.3. The van der Waals surface area contributed by atoms with Crippen LogP contribution in [0.15, 0.2) is 18.2 Å². The van der Waals surface area contributed by atoms with Crippen molar-refractivity contribution in [2.24, 2.45) is 0 Å². The molecule has 0 aliphatic heterocycles. The number of alkyl halides is 1. The normalized spacial score (nSPS) is 10.3. The molecule has 1 nitrogen and oxygen atoms in total. The second-order valence-corrected chi connectivity index (χ2v) is 3.93. The van der Waals surface area contributed by atoms with Gasteiger partial charge in [0.2, 0.25) is 0 Å². The molecule has 0 amide bonds. The minimum atomic E-state index is -0.417. The topological polar surface area (TPSA) is 9.23 Å². The predicted octanol–water partition coefficient (Wildman–Crippen LogP) is 4.27. The molecule has 0 aliphatic carbocycles. The molecule has 1 rings (SSSR count). The molecule has 84 valence electrons. The maximum Gasteiger partial charge on any atom is 0.173 e. The Morgan fingerprint density at radius 1 is 1.20 bits per heavy atom. The molecule has 0 spiro atoms. The van der Waals surface area contributed by atoms with Gasteiger partial charge in [-0.15, -0.1) is 11.6 Å². The van der Waals surface area contributed by atoms with Crippen LogP contribution in [-0.2, 0) is 0 Å². The number of ether oxygens (including phenoxy) is 1. The standard InChI is InChI=1S/C11H13Cl2FO/c12-7-2-1-3-8-15-11-9(13)5-4-6-10(11)14/h4-6H,1-3,7-8H2. The van der Waals surface area contributed by atoms with Crippen molar-refractivity contribution in [2.45, 2.75) is 19.3 Å². The van der Waals surface area contributed by atoms with Gasteiger partial charge in [-0.2, -0.15) is 0 Å². The van der Waals surface area contributed by atoms with E-state index in [1.54, 1.807) is 12.1 Å². The number of benzene rings is 1. The van der Waals surface area contributed by atoms with Gasteiger partial charge in [-0.1, -0.05) is 17.7 Å². The lowest BCUT2D eigenvalue weighted by atomic mass is 10.2. The highest BCUT2D eigenvalue weighted by Crippen LogP contribution is 2.27.